The summed E-state index contributed by atoms with van der Waals surface area (Å²) in [5.41, 5.74) is 1.14. The SMILES string of the molecule is Cn1c(SCc2noc(-c3cc(Br)ccc3F)n2)nnc1-c1cccnc1. The zero-order valence-corrected chi connectivity index (χ0v) is 16.4. The molecule has 0 aliphatic rings. The van der Waals surface area contributed by atoms with Crippen molar-refractivity contribution in [1.82, 2.24) is 29.9 Å². The first-order valence-corrected chi connectivity index (χ1v) is 9.60. The van der Waals surface area contributed by atoms with Gasteiger partial charge in [0.25, 0.3) is 5.89 Å². The topological polar surface area (TPSA) is 82.5 Å². The number of aromatic nitrogens is 6. The van der Waals surface area contributed by atoms with E-state index in [1.807, 2.05) is 23.7 Å². The van der Waals surface area contributed by atoms with E-state index >= 15 is 0 Å². The highest BCUT2D eigenvalue weighted by molar-refractivity contribution is 9.10. The van der Waals surface area contributed by atoms with Gasteiger partial charge < -0.3 is 9.09 Å². The van der Waals surface area contributed by atoms with Crippen LogP contribution in [0.2, 0.25) is 0 Å². The van der Waals surface area contributed by atoms with E-state index in [1.54, 1.807) is 24.5 Å². The highest BCUT2D eigenvalue weighted by Crippen LogP contribution is 2.27. The van der Waals surface area contributed by atoms with Gasteiger partial charge in [0, 0.05) is 29.5 Å². The normalized spacial score (nSPS) is 11.1. The zero-order chi connectivity index (χ0) is 18.8. The Morgan fingerprint density at radius 2 is 2.15 bits per heavy atom. The number of hydrogen-bond donors (Lipinski definition) is 0. The van der Waals surface area contributed by atoms with E-state index in [4.69, 9.17) is 4.52 Å². The Labute approximate surface area is 166 Å². The van der Waals surface area contributed by atoms with Gasteiger partial charge in [0.05, 0.1) is 11.3 Å². The number of benzene rings is 1. The molecule has 27 heavy (non-hydrogen) atoms. The van der Waals surface area contributed by atoms with Gasteiger partial charge in [-0.3, -0.25) is 4.98 Å². The average Bonchev–Trinajstić information content (AvgIpc) is 3.29. The molecule has 0 aliphatic carbocycles. The second-order valence-corrected chi connectivity index (χ2v) is 7.39. The minimum absolute atomic E-state index is 0.137. The zero-order valence-electron chi connectivity index (χ0n) is 14.0. The fourth-order valence-electron chi connectivity index (χ4n) is 2.40. The molecule has 0 N–H and O–H groups in total. The van der Waals surface area contributed by atoms with Gasteiger partial charge in [-0.1, -0.05) is 32.8 Å². The largest absolute Gasteiger partial charge is 0.334 e. The third kappa shape index (κ3) is 3.76. The van der Waals surface area contributed by atoms with Gasteiger partial charge in [-0.05, 0) is 30.3 Å². The number of nitrogens with zero attached hydrogens (tertiary/aromatic N) is 6. The van der Waals surface area contributed by atoms with Crippen molar-refractivity contribution in [2.24, 2.45) is 7.05 Å². The first kappa shape index (κ1) is 17.8. The van der Waals surface area contributed by atoms with Crippen LogP contribution in [-0.4, -0.2) is 29.9 Å². The molecule has 0 bridgehead atoms. The molecule has 3 aromatic heterocycles. The molecule has 4 aromatic rings. The smallest absolute Gasteiger partial charge is 0.260 e. The highest BCUT2D eigenvalue weighted by Gasteiger charge is 2.16. The molecule has 0 fully saturated rings. The lowest BCUT2D eigenvalue weighted by atomic mass is 10.2. The summed E-state index contributed by atoms with van der Waals surface area (Å²) in [6, 6.07) is 8.32. The Bertz CT molecular complexity index is 1080. The maximum atomic E-state index is 14.0. The molecule has 4 rings (SSSR count). The van der Waals surface area contributed by atoms with Gasteiger partial charge in [-0.15, -0.1) is 10.2 Å². The van der Waals surface area contributed by atoms with Crippen LogP contribution in [0.1, 0.15) is 5.82 Å². The van der Waals surface area contributed by atoms with Crippen LogP contribution in [-0.2, 0) is 12.8 Å². The van der Waals surface area contributed by atoms with Gasteiger partial charge >= 0.3 is 0 Å². The molecular weight excluding hydrogens is 435 g/mol. The maximum absolute atomic E-state index is 14.0. The fraction of sp³-hybridized carbons (Fsp3) is 0.118. The summed E-state index contributed by atoms with van der Waals surface area (Å²) in [4.78, 5) is 8.36. The second-order valence-electron chi connectivity index (χ2n) is 5.54. The summed E-state index contributed by atoms with van der Waals surface area (Å²) in [5.74, 6) is 1.29. The number of pyridine rings is 1. The Hall–Kier alpha value is -2.59. The standard InChI is InChI=1S/C17H12BrFN6OS/c1-25-15(10-3-2-6-20-8-10)22-23-17(25)27-9-14-21-16(26-24-14)12-7-11(18)4-5-13(12)19/h2-8H,9H2,1H3. The first-order valence-electron chi connectivity index (χ1n) is 7.82. The van der Waals surface area contributed by atoms with Gasteiger partial charge in [-0.2, -0.15) is 4.98 Å². The molecule has 0 spiro atoms. The van der Waals surface area contributed by atoms with E-state index in [-0.39, 0.29) is 11.5 Å². The number of hydrogen-bond acceptors (Lipinski definition) is 7. The number of rotatable bonds is 5. The van der Waals surface area contributed by atoms with Gasteiger partial charge in [0.1, 0.15) is 5.82 Å². The van der Waals surface area contributed by atoms with Crippen LogP contribution in [0.15, 0.2) is 56.9 Å². The van der Waals surface area contributed by atoms with Crippen molar-refractivity contribution in [2.45, 2.75) is 10.9 Å². The van der Waals surface area contributed by atoms with E-state index in [0.29, 0.717) is 16.7 Å². The molecule has 0 saturated heterocycles. The van der Waals surface area contributed by atoms with Crippen LogP contribution in [0.3, 0.4) is 0 Å². The predicted octanol–water partition coefficient (Wildman–Crippen LogP) is 4.12. The molecule has 0 atom stereocenters. The minimum Gasteiger partial charge on any atom is -0.334 e. The molecule has 136 valence electrons. The first-order chi connectivity index (χ1) is 13.1. The molecule has 10 heteroatoms. The molecule has 0 radical (unpaired) electrons. The molecule has 0 aliphatic heterocycles. The summed E-state index contributed by atoms with van der Waals surface area (Å²) >= 11 is 4.72. The van der Waals surface area contributed by atoms with Crippen molar-refractivity contribution in [3.63, 3.8) is 0 Å². The lowest BCUT2D eigenvalue weighted by Crippen LogP contribution is -1.95. The van der Waals surface area contributed by atoms with Crippen molar-refractivity contribution in [1.29, 1.82) is 0 Å². The molecule has 7 nitrogen and oxygen atoms in total. The minimum atomic E-state index is -0.421. The van der Waals surface area contributed by atoms with E-state index in [1.165, 1.54) is 17.8 Å². The van der Waals surface area contributed by atoms with Crippen LogP contribution in [0, 0.1) is 5.82 Å². The van der Waals surface area contributed by atoms with Gasteiger partial charge in [0.2, 0.25) is 0 Å². The maximum Gasteiger partial charge on any atom is 0.260 e. The fourth-order valence-corrected chi connectivity index (χ4v) is 3.51. The molecular formula is C17H12BrFN6OS. The monoisotopic (exact) mass is 446 g/mol. The molecule has 0 amide bonds. The second kappa shape index (κ2) is 7.57. The molecule has 0 saturated carbocycles. The summed E-state index contributed by atoms with van der Waals surface area (Å²) in [6.07, 6.45) is 3.44. The quantitative estimate of drug-likeness (QED) is 0.426. The van der Waals surface area contributed by atoms with Crippen LogP contribution in [0.4, 0.5) is 4.39 Å². The van der Waals surface area contributed by atoms with Gasteiger partial charge in [0.15, 0.2) is 16.8 Å². The summed E-state index contributed by atoms with van der Waals surface area (Å²) < 4.78 is 21.7. The Morgan fingerprint density at radius 3 is 2.96 bits per heavy atom. The number of thioether (sulfide) groups is 1. The lowest BCUT2D eigenvalue weighted by Gasteiger charge is -2.02. The van der Waals surface area contributed by atoms with Crippen LogP contribution >= 0.6 is 27.7 Å². The molecule has 1 aromatic carbocycles. The van der Waals surface area contributed by atoms with E-state index < -0.39 is 5.82 Å². The summed E-state index contributed by atoms with van der Waals surface area (Å²) in [6.45, 7) is 0. The van der Waals surface area contributed by atoms with E-state index in [0.717, 1.165) is 15.9 Å². The Kier molecular flexibility index (Phi) is 4.99. The third-order valence-corrected chi connectivity index (χ3v) is 5.22. The molecule has 3 heterocycles. The lowest BCUT2D eigenvalue weighted by molar-refractivity contribution is 0.422. The third-order valence-electron chi connectivity index (χ3n) is 3.71. The van der Waals surface area contributed by atoms with E-state index in [9.17, 15) is 4.39 Å². The van der Waals surface area contributed by atoms with Crippen LogP contribution in [0.25, 0.3) is 22.8 Å². The van der Waals surface area contributed by atoms with Crippen molar-refractivity contribution < 1.29 is 8.91 Å². The van der Waals surface area contributed by atoms with Crippen LogP contribution < -0.4 is 0 Å². The molecule has 0 unspecified atom stereocenters. The Morgan fingerprint density at radius 1 is 1.26 bits per heavy atom. The van der Waals surface area contributed by atoms with Crippen LogP contribution in [0.5, 0.6) is 0 Å². The van der Waals surface area contributed by atoms with E-state index in [2.05, 4.69) is 41.3 Å². The predicted molar refractivity (Wildman–Crippen MR) is 101 cm³/mol. The van der Waals surface area contributed by atoms with Crippen molar-refractivity contribution in [2.75, 3.05) is 0 Å². The van der Waals surface area contributed by atoms with Crippen molar-refractivity contribution >= 4 is 27.7 Å². The average molecular weight is 447 g/mol. The van der Waals surface area contributed by atoms with Crippen molar-refractivity contribution in [3.8, 4) is 22.8 Å². The summed E-state index contributed by atoms with van der Waals surface area (Å²) in [5, 5.41) is 13.0. The Balaban J connectivity index is 1.50. The summed E-state index contributed by atoms with van der Waals surface area (Å²) in [7, 11) is 1.88. The van der Waals surface area contributed by atoms with Crippen molar-refractivity contribution in [3.05, 3.63) is 58.8 Å². The van der Waals surface area contributed by atoms with Gasteiger partial charge in [-0.25, -0.2) is 4.39 Å². The number of halogens is 2. The highest BCUT2D eigenvalue weighted by atomic mass is 79.9.